The van der Waals surface area contributed by atoms with Crippen molar-refractivity contribution in [2.24, 2.45) is 0 Å². The monoisotopic (exact) mass is 354 g/mol. The molecule has 0 spiro atoms. The van der Waals surface area contributed by atoms with Gasteiger partial charge in [0.05, 0.1) is 18.7 Å². The smallest absolute Gasteiger partial charge is 0.226 e. The number of carbonyl (C=O) groups excluding carboxylic acids is 1. The Labute approximate surface area is 150 Å². The number of carbonyl (C=O) groups is 1. The number of hydrogen-bond donors (Lipinski definition) is 1. The third-order valence-electron chi connectivity index (χ3n) is 3.77. The first-order valence-electron chi connectivity index (χ1n) is 8.35. The SMILES string of the molecule is CCOCCC(=O)Nc1ccc(Oc2ccc(F)cc2)c2ccncc12. The Morgan fingerprint density at radius 3 is 2.69 bits per heavy atom. The van der Waals surface area contributed by atoms with E-state index in [1.165, 1.54) is 12.1 Å². The van der Waals surface area contributed by atoms with Gasteiger partial charge in [-0.05, 0) is 49.4 Å². The highest BCUT2D eigenvalue weighted by Crippen LogP contribution is 2.34. The van der Waals surface area contributed by atoms with E-state index in [0.29, 0.717) is 30.4 Å². The number of aromatic nitrogens is 1. The van der Waals surface area contributed by atoms with Crippen LogP contribution >= 0.6 is 0 Å². The molecule has 1 aromatic heterocycles. The average molecular weight is 354 g/mol. The van der Waals surface area contributed by atoms with E-state index in [-0.39, 0.29) is 18.1 Å². The predicted octanol–water partition coefficient (Wildman–Crippen LogP) is 4.53. The first-order valence-corrected chi connectivity index (χ1v) is 8.35. The van der Waals surface area contributed by atoms with Crippen molar-refractivity contribution in [3.8, 4) is 11.5 Å². The zero-order chi connectivity index (χ0) is 18.4. The van der Waals surface area contributed by atoms with E-state index in [1.54, 1.807) is 36.7 Å². The Balaban J connectivity index is 1.84. The lowest BCUT2D eigenvalue weighted by molar-refractivity contribution is -0.117. The molecule has 0 radical (unpaired) electrons. The zero-order valence-electron chi connectivity index (χ0n) is 14.4. The molecule has 0 unspecified atom stereocenters. The number of pyridine rings is 1. The fourth-order valence-electron chi connectivity index (χ4n) is 2.51. The highest BCUT2D eigenvalue weighted by molar-refractivity contribution is 6.03. The molecular formula is C20H19FN2O3. The Morgan fingerprint density at radius 2 is 1.92 bits per heavy atom. The van der Waals surface area contributed by atoms with Gasteiger partial charge >= 0.3 is 0 Å². The predicted molar refractivity (Wildman–Crippen MR) is 98.0 cm³/mol. The molecule has 134 valence electrons. The van der Waals surface area contributed by atoms with Crippen LogP contribution in [0, 0.1) is 5.82 Å². The van der Waals surface area contributed by atoms with E-state index in [9.17, 15) is 9.18 Å². The lowest BCUT2D eigenvalue weighted by Gasteiger charge is -2.13. The van der Waals surface area contributed by atoms with Gasteiger partial charge in [-0.15, -0.1) is 0 Å². The van der Waals surface area contributed by atoms with Crippen molar-refractivity contribution < 1.29 is 18.7 Å². The molecule has 0 bridgehead atoms. The second-order valence-electron chi connectivity index (χ2n) is 5.58. The number of nitrogens with zero attached hydrogens (tertiary/aromatic N) is 1. The molecule has 0 aliphatic heterocycles. The zero-order valence-corrected chi connectivity index (χ0v) is 14.4. The summed E-state index contributed by atoms with van der Waals surface area (Å²) in [6.45, 7) is 2.84. The van der Waals surface area contributed by atoms with E-state index >= 15 is 0 Å². The highest BCUT2D eigenvalue weighted by atomic mass is 19.1. The number of hydrogen-bond acceptors (Lipinski definition) is 4. The van der Waals surface area contributed by atoms with Gasteiger partial charge in [0.25, 0.3) is 0 Å². The Morgan fingerprint density at radius 1 is 1.12 bits per heavy atom. The summed E-state index contributed by atoms with van der Waals surface area (Å²) in [6.07, 6.45) is 3.61. The van der Waals surface area contributed by atoms with Crippen molar-refractivity contribution in [1.29, 1.82) is 0 Å². The fourth-order valence-corrected chi connectivity index (χ4v) is 2.51. The summed E-state index contributed by atoms with van der Waals surface area (Å²) in [5.41, 5.74) is 0.654. The van der Waals surface area contributed by atoms with Gasteiger partial charge in [0.2, 0.25) is 5.91 Å². The highest BCUT2D eigenvalue weighted by Gasteiger charge is 2.11. The second kappa shape index (κ2) is 8.40. The van der Waals surface area contributed by atoms with Crippen molar-refractivity contribution in [1.82, 2.24) is 4.98 Å². The van der Waals surface area contributed by atoms with Crippen molar-refractivity contribution in [2.75, 3.05) is 18.5 Å². The average Bonchev–Trinajstić information content (AvgIpc) is 2.66. The summed E-state index contributed by atoms with van der Waals surface area (Å²) in [4.78, 5) is 16.2. The maximum atomic E-state index is 13.1. The summed E-state index contributed by atoms with van der Waals surface area (Å²) in [7, 11) is 0. The topological polar surface area (TPSA) is 60.5 Å². The van der Waals surface area contributed by atoms with E-state index in [0.717, 1.165) is 10.8 Å². The second-order valence-corrected chi connectivity index (χ2v) is 5.58. The summed E-state index contributed by atoms with van der Waals surface area (Å²) in [5.74, 6) is 0.673. The first kappa shape index (κ1) is 17.8. The standard InChI is InChI=1S/C20H19FN2O3/c1-2-25-12-10-20(24)23-18-7-8-19(16-9-11-22-13-17(16)18)26-15-5-3-14(21)4-6-15/h3-9,11,13H,2,10,12H2,1H3,(H,23,24). The summed E-state index contributed by atoms with van der Waals surface area (Å²) < 4.78 is 24.1. The minimum atomic E-state index is -0.323. The maximum Gasteiger partial charge on any atom is 0.226 e. The molecule has 2 aromatic carbocycles. The molecule has 3 rings (SSSR count). The van der Waals surface area contributed by atoms with Gasteiger partial charge in [-0.2, -0.15) is 0 Å². The summed E-state index contributed by atoms with van der Waals surface area (Å²) >= 11 is 0. The first-order chi connectivity index (χ1) is 12.7. The van der Waals surface area contributed by atoms with Crippen molar-refractivity contribution in [3.05, 3.63) is 60.7 Å². The number of benzene rings is 2. The summed E-state index contributed by atoms with van der Waals surface area (Å²) in [6, 6.07) is 11.1. The fraction of sp³-hybridized carbons (Fsp3) is 0.200. The van der Waals surface area contributed by atoms with Crippen molar-refractivity contribution in [3.63, 3.8) is 0 Å². The molecule has 6 heteroatoms. The quantitative estimate of drug-likeness (QED) is 0.633. The molecule has 0 aliphatic rings. The van der Waals surface area contributed by atoms with Crippen LogP contribution in [0.3, 0.4) is 0 Å². The van der Waals surface area contributed by atoms with Crippen LogP contribution in [0.1, 0.15) is 13.3 Å². The van der Waals surface area contributed by atoms with Gasteiger partial charge in [0.1, 0.15) is 17.3 Å². The number of amides is 1. The largest absolute Gasteiger partial charge is 0.457 e. The van der Waals surface area contributed by atoms with Gasteiger partial charge in [-0.3, -0.25) is 9.78 Å². The molecule has 5 nitrogen and oxygen atoms in total. The molecular weight excluding hydrogens is 335 g/mol. The van der Waals surface area contributed by atoms with Crippen molar-refractivity contribution >= 4 is 22.4 Å². The molecule has 26 heavy (non-hydrogen) atoms. The van der Waals surface area contributed by atoms with Gasteiger partial charge < -0.3 is 14.8 Å². The van der Waals surface area contributed by atoms with Crippen LogP contribution in [0.4, 0.5) is 10.1 Å². The molecule has 3 aromatic rings. The molecule has 0 atom stereocenters. The normalized spacial score (nSPS) is 10.7. The van der Waals surface area contributed by atoms with Gasteiger partial charge in [0.15, 0.2) is 0 Å². The van der Waals surface area contributed by atoms with E-state index in [4.69, 9.17) is 9.47 Å². The molecule has 0 fully saturated rings. The molecule has 0 saturated carbocycles. The van der Waals surface area contributed by atoms with E-state index < -0.39 is 0 Å². The number of halogens is 1. The third-order valence-corrected chi connectivity index (χ3v) is 3.77. The van der Waals surface area contributed by atoms with Crippen LogP contribution < -0.4 is 10.1 Å². The molecule has 1 N–H and O–H groups in total. The van der Waals surface area contributed by atoms with Gasteiger partial charge in [-0.1, -0.05) is 0 Å². The Bertz CT molecular complexity index is 897. The number of rotatable bonds is 7. The summed E-state index contributed by atoms with van der Waals surface area (Å²) in [5, 5.41) is 4.44. The molecule has 0 saturated heterocycles. The minimum absolute atomic E-state index is 0.129. The van der Waals surface area contributed by atoms with E-state index in [1.807, 2.05) is 13.0 Å². The molecule has 1 amide bonds. The van der Waals surface area contributed by atoms with Crippen molar-refractivity contribution in [2.45, 2.75) is 13.3 Å². The van der Waals surface area contributed by atoms with Crippen LogP contribution in [0.2, 0.25) is 0 Å². The van der Waals surface area contributed by atoms with Crippen LogP contribution in [-0.2, 0) is 9.53 Å². The Hall–Kier alpha value is -2.99. The Kier molecular flexibility index (Phi) is 5.76. The number of anilines is 1. The lowest BCUT2D eigenvalue weighted by Crippen LogP contribution is -2.14. The third kappa shape index (κ3) is 4.34. The minimum Gasteiger partial charge on any atom is -0.457 e. The number of nitrogens with one attached hydrogen (secondary N) is 1. The van der Waals surface area contributed by atoms with Gasteiger partial charge in [-0.25, -0.2) is 4.39 Å². The molecule has 1 heterocycles. The number of fused-ring (bicyclic) bond motifs is 1. The van der Waals surface area contributed by atoms with Crippen LogP contribution in [0.25, 0.3) is 10.8 Å². The molecule has 0 aliphatic carbocycles. The van der Waals surface area contributed by atoms with Crippen LogP contribution in [0.5, 0.6) is 11.5 Å². The number of ether oxygens (including phenoxy) is 2. The maximum absolute atomic E-state index is 13.1. The lowest BCUT2D eigenvalue weighted by atomic mass is 10.1. The van der Waals surface area contributed by atoms with Gasteiger partial charge in [0, 0.05) is 29.8 Å². The van der Waals surface area contributed by atoms with Crippen LogP contribution in [0.15, 0.2) is 54.9 Å². The van der Waals surface area contributed by atoms with Crippen LogP contribution in [-0.4, -0.2) is 24.1 Å². The van der Waals surface area contributed by atoms with E-state index in [2.05, 4.69) is 10.3 Å².